The Bertz CT molecular complexity index is 628. The summed E-state index contributed by atoms with van der Waals surface area (Å²) in [6.07, 6.45) is 3.92. The van der Waals surface area contributed by atoms with Gasteiger partial charge in [0.2, 0.25) is 15.9 Å². The minimum absolute atomic E-state index is 0.159. The summed E-state index contributed by atoms with van der Waals surface area (Å²) in [4.78, 5) is 12.1. The first-order valence-electron chi connectivity index (χ1n) is 6.67. The van der Waals surface area contributed by atoms with Gasteiger partial charge in [0.25, 0.3) is 0 Å². The van der Waals surface area contributed by atoms with E-state index in [0.29, 0.717) is 16.4 Å². The number of halogens is 1. The van der Waals surface area contributed by atoms with Crippen LogP contribution >= 0.6 is 11.6 Å². The maximum absolute atomic E-state index is 12.1. The Hall–Kier alpha value is -1.31. The molecule has 1 aliphatic heterocycles. The molecule has 1 aromatic carbocycles. The number of rotatable bonds is 4. The topological polar surface area (TPSA) is 87.3 Å². The van der Waals surface area contributed by atoms with E-state index in [0.717, 1.165) is 32.1 Å². The Morgan fingerprint density at radius 3 is 2.76 bits per heavy atom. The third kappa shape index (κ3) is 4.87. The molecule has 6 nitrogen and oxygen atoms in total. The van der Waals surface area contributed by atoms with Gasteiger partial charge in [0.1, 0.15) is 0 Å². The van der Waals surface area contributed by atoms with Crippen LogP contribution in [0.15, 0.2) is 18.2 Å². The molecule has 21 heavy (non-hydrogen) atoms. The third-order valence-corrected chi connectivity index (χ3v) is 4.09. The Labute approximate surface area is 129 Å². The summed E-state index contributed by atoms with van der Waals surface area (Å²) < 4.78 is 24.8. The lowest BCUT2D eigenvalue weighted by Crippen LogP contribution is -2.43. The molecular weight excluding hydrogens is 314 g/mol. The largest absolute Gasteiger partial charge is 0.323 e. The number of piperidine rings is 1. The molecular formula is C13H18ClN3O3S. The highest BCUT2D eigenvalue weighted by Crippen LogP contribution is 2.26. The summed E-state index contributed by atoms with van der Waals surface area (Å²) in [5.41, 5.74) is 0.747. The maximum atomic E-state index is 12.1. The van der Waals surface area contributed by atoms with Gasteiger partial charge in [-0.05, 0) is 37.6 Å². The molecule has 3 N–H and O–H groups in total. The molecule has 0 bridgehead atoms. The minimum atomic E-state index is -3.37. The second-order valence-corrected chi connectivity index (χ2v) is 7.22. The number of hydrogen-bond donors (Lipinski definition) is 3. The molecule has 116 valence electrons. The van der Waals surface area contributed by atoms with E-state index in [1.54, 1.807) is 6.07 Å². The number of amides is 1. The molecule has 0 saturated carbocycles. The van der Waals surface area contributed by atoms with Crippen LogP contribution in [-0.4, -0.2) is 33.2 Å². The van der Waals surface area contributed by atoms with Crippen molar-refractivity contribution < 1.29 is 13.2 Å². The monoisotopic (exact) mass is 331 g/mol. The Balaban J connectivity index is 2.11. The summed E-state index contributed by atoms with van der Waals surface area (Å²) in [6, 6.07) is 4.35. The zero-order valence-electron chi connectivity index (χ0n) is 11.6. The zero-order valence-corrected chi connectivity index (χ0v) is 13.2. The van der Waals surface area contributed by atoms with Crippen LogP contribution in [0.1, 0.15) is 19.3 Å². The van der Waals surface area contributed by atoms with Crippen LogP contribution in [0.2, 0.25) is 5.02 Å². The molecule has 1 aromatic rings. The van der Waals surface area contributed by atoms with Crippen LogP contribution in [0.3, 0.4) is 0 Å². The van der Waals surface area contributed by atoms with Crippen LogP contribution in [0.25, 0.3) is 0 Å². The molecule has 0 aromatic heterocycles. The van der Waals surface area contributed by atoms with Gasteiger partial charge in [-0.3, -0.25) is 9.52 Å². The van der Waals surface area contributed by atoms with Crippen molar-refractivity contribution in [1.29, 1.82) is 0 Å². The molecule has 0 aliphatic carbocycles. The fourth-order valence-electron chi connectivity index (χ4n) is 2.19. The van der Waals surface area contributed by atoms with Gasteiger partial charge in [0.15, 0.2) is 0 Å². The van der Waals surface area contributed by atoms with Crippen molar-refractivity contribution in [2.75, 3.05) is 22.8 Å². The van der Waals surface area contributed by atoms with Gasteiger partial charge < -0.3 is 10.6 Å². The lowest BCUT2D eigenvalue weighted by Gasteiger charge is -2.22. The molecule has 8 heteroatoms. The molecule has 0 unspecified atom stereocenters. The highest BCUT2D eigenvalue weighted by molar-refractivity contribution is 7.92. The summed E-state index contributed by atoms with van der Waals surface area (Å²) in [7, 11) is -3.37. The second kappa shape index (κ2) is 6.64. The maximum Gasteiger partial charge on any atom is 0.241 e. The smallest absolute Gasteiger partial charge is 0.241 e. The molecule has 0 spiro atoms. The van der Waals surface area contributed by atoms with Gasteiger partial charge >= 0.3 is 0 Å². The van der Waals surface area contributed by atoms with Crippen molar-refractivity contribution in [2.45, 2.75) is 25.3 Å². The molecule has 1 saturated heterocycles. The number of anilines is 2. The first kappa shape index (κ1) is 16.1. The van der Waals surface area contributed by atoms with Crippen molar-refractivity contribution in [3.63, 3.8) is 0 Å². The van der Waals surface area contributed by atoms with Gasteiger partial charge in [-0.1, -0.05) is 18.0 Å². The van der Waals surface area contributed by atoms with Gasteiger partial charge in [-0.15, -0.1) is 0 Å². The molecule has 0 radical (unpaired) electrons. The fraction of sp³-hybridized carbons (Fsp3) is 0.462. The van der Waals surface area contributed by atoms with Crippen molar-refractivity contribution in [3.05, 3.63) is 23.2 Å². The zero-order chi connectivity index (χ0) is 15.5. The summed E-state index contributed by atoms with van der Waals surface area (Å²) in [5.74, 6) is -0.159. The number of carbonyl (C=O) groups is 1. The van der Waals surface area contributed by atoms with Crippen LogP contribution in [0.5, 0.6) is 0 Å². The van der Waals surface area contributed by atoms with Gasteiger partial charge in [0.05, 0.1) is 28.7 Å². The molecule has 1 amide bonds. The van der Waals surface area contributed by atoms with Gasteiger partial charge in [0, 0.05) is 0 Å². The van der Waals surface area contributed by atoms with Crippen LogP contribution in [-0.2, 0) is 14.8 Å². The summed E-state index contributed by atoms with van der Waals surface area (Å²) >= 11 is 6.04. The van der Waals surface area contributed by atoms with Crippen molar-refractivity contribution in [1.82, 2.24) is 5.32 Å². The number of benzene rings is 1. The summed E-state index contributed by atoms with van der Waals surface area (Å²) in [6.45, 7) is 0.821. The van der Waals surface area contributed by atoms with E-state index in [-0.39, 0.29) is 11.9 Å². The fourth-order valence-corrected chi connectivity index (χ4v) is 2.91. The normalized spacial score (nSPS) is 19.0. The summed E-state index contributed by atoms with van der Waals surface area (Å²) in [5, 5.41) is 6.24. The predicted octanol–water partition coefficient (Wildman–Crippen LogP) is 1.79. The highest BCUT2D eigenvalue weighted by Gasteiger charge is 2.21. The highest BCUT2D eigenvalue weighted by atomic mass is 35.5. The van der Waals surface area contributed by atoms with E-state index in [2.05, 4.69) is 15.4 Å². The molecule has 2 rings (SSSR count). The SMILES string of the molecule is CS(=O)(=O)Nc1ccc(Cl)c(NC(=O)[C@@H]2CCCCN2)c1. The first-order valence-corrected chi connectivity index (χ1v) is 8.94. The Morgan fingerprint density at radius 1 is 1.38 bits per heavy atom. The minimum Gasteiger partial charge on any atom is -0.323 e. The molecule has 1 atom stereocenters. The third-order valence-electron chi connectivity index (χ3n) is 3.15. The number of sulfonamides is 1. The number of hydrogen-bond acceptors (Lipinski definition) is 4. The number of carbonyl (C=O) groups excluding carboxylic acids is 1. The Kier molecular flexibility index (Phi) is 5.08. The Morgan fingerprint density at radius 2 is 2.14 bits per heavy atom. The molecule has 1 heterocycles. The lowest BCUT2D eigenvalue weighted by molar-refractivity contribution is -0.118. The average Bonchev–Trinajstić information content (AvgIpc) is 2.42. The van der Waals surface area contributed by atoms with Gasteiger partial charge in [-0.2, -0.15) is 0 Å². The van der Waals surface area contributed by atoms with Gasteiger partial charge in [-0.25, -0.2) is 8.42 Å². The quantitative estimate of drug-likeness (QED) is 0.785. The van der Waals surface area contributed by atoms with Crippen LogP contribution < -0.4 is 15.4 Å². The second-order valence-electron chi connectivity index (χ2n) is 5.06. The van der Waals surface area contributed by atoms with E-state index >= 15 is 0 Å². The van der Waals surface area contributed by atoms with Crippen LogP contribution in [0.4, 0.5) is 11.4 Å². The predicted molar refractivity (Wildman–Crippen MR) is 84.2 cm³/mol. The van der Waals surface area contributed by atoms with Crippen molar-refractivity contribution in [2.24, 2.45) is 0 Å². The van der Waals surface area contributed by atoms with Crippen molar-refractivity contribution in [3.8, 4) is 0 Å². The van der Waals surface area contributed by atoms with E-state index in [1.807, 2.05) is 0 Å². The standard InChI is InChI=1S/C13H18ClN3O3S/c1-21(19,20)17-9-5-6-10(14)12(8-9)16-13(18)11-4-2-3-7-15-11/h5-6,8,11,15,17H,2-4,7H2,1H3,(H,16,18)/t11-/m0/s1. The van der Waals surface area contributed by atoms with E-state index in [1.165, 1.54) is 12.1 Å². The molecule has 1 fully saturated rings. The van der Waals surface area contributed by atoms with E-state index in [9.17, 15) is 13.2 Å². The van der Waals surface area contributed by atoms with E-state index < -0.39 is 10.0 Å². The molecule has 1 aliphatic rings. The number of nitrogens with one attached hydrogen (secondary N) is 3. The first-order chi connectivity index (χ1) is 9.85. The lowest BCUT2D eigenvalue weighted by atomic mass is 10.0. The average molecular weight is 332 g/mol. The van der Waals surface area contributed by atoms with E-state index in [4.69, 9.17) is 11.6 Å². The van der Waals surface area contributed by atoms with Crippen LogP contribution in [0, 0.1) is 0 Å². The van der Waals surface area contributed by atoms with Crippen molar-refractivity contribution >= 4 is 38.9 Å².